The molecule has 0 N–H and O–H groups in total. The molecule has 0 aliphatic heterocycles. The molecule has 0 saturated carbocycles. The van der Waals surface area contributed by atoms with Crippen LogP contribution >= 0.6 is 0 Å². The molecule has 0 unspecified atom stereocenters. The molecule has 0 aromatic rings. The molecule has 3 radical (unpaired) electrons. The SMILES string of the molecule is CCOC(C[Si])OCC. The Hall–Kier alpha value is 0.137. The molecule has 0 bridgehead atoms. The average molecular weight is 145 g/mol. The van der Waals surface area contributed by atoms with Gasteiger partial charge in [0, 0.05) is 23.5 Å². The summed E-state index contributed by atoms with van der Waals surface area (Å²) in [5, 5.41) is 0. The summed E-state index contributed by atoms with van der Waals surface area (Å²) in [6.45, 7) is 5.31. The van der Waals surface area contributed by atoms with Crippen molar-refractivity contribution in [2.24, 2.45) is 0 Å². The summed E-state index contributed by atoms with van der Waals surface area (Å²) in [6, 6.07) is 0.738. The molecule has 0 atom stereocenters. The van der Waals surface area contributed by atoms with Crippen LogP contribution in [0, 0.1) is 0 Å². The van der Waals surface area contributed by atoms with Crippen LogP contribution in [0.2, 0.25) is 6.04 Å². The van der Waals surface area contributed by atoms with Crippen molar-refractivity contribution in [1.29, 1.82) is 0 Å². The Morgan fingerprint density at radius 1 is 1.22 bits per heavy atom. The Balaban J connectivity index is 3.18. The van der Waals surface area contributed by atoms with Gasteiger partial charge in [0.2, 0.25) is 0 Å². The summed E-state index contributed by atoms with van der Waals surface area (Å²) in [5.74, 6) is 0. The van der Waals surface area contributed by atoms with Gasteiger partial charge in [0.15, 0.2) is 6.29 Å². The van der Waals surface area contributed by atoms with Gasteiger partial charge in [-0.25, -0.2) is 0 Å². The highest BCUT2D eigenvalue weighted by Gasteiger charge is 2.01. The fraction of sp³-hybridized carbons (Fsp3) is 1.00. The van der Waals surface area contributed by atoms with Gasteiger partial charge in [0.25, 0.3) is 0 Å². The molecule has 0 fully saturated rings. The van der Waals surface area contributed by atoms with Gasteiger partial charge in [0.1, 0.15) is 0 Å². The maximum absolute atomic E-state index is 5.16. The van der Waals surface area contributed by atoms with E-state index in [1.54, 1.807) is 0 Å². The van der Waals surface area contributed by atoms with Gasteiger partial charge in [-0.2, -0.15) is 0 Å². The van der Waals surface area contributed by atoms with Crippen LogP contribution in [0.1, 0.15) is 13.8 Å². The van der Waals surface area contributed by atoms with Gasteiger partial charge in [-0.1, -0.05) is 0 Å². The normalized spacial score (nSPS) is 10.7. The van der Waals surface area contributed by atoms with E-state index in [4.69, 9.17) is 9.47 Å². The van der Waals surface area contributed by atoms with Gasteiger partial charge < -0.3 is 9.47 Å². The number of hydrogen-bond acceptors (Lipinski definition) is 2. The first kappa shape index (κ1) is 9.14. The number of hydrogen-bond donors (Lipinski definition) is 0. The first-order chi connectivity index (χ1) is 4.35. The molecule has 0 spiro atoms. The maximum Gasteiger partial charge on any atom is 0.154 e. The molecular formula is C6H13O2Si. The van der Waals surface area contributed by atoms with E-state index in [0.29, 0.717) is 13.2 Å². The molecule has 0 aromatic heterocycles. The molecule has 0 amide bonds. The van der Waals surface area contributed by atoms with E-state index >= 15 is 0 Å². The molecular weight excluding hydrogens is 132 g/mol. The molecule has 0 aromatic carbocycles. The minimum absolute atomic E-state index is 0.0725. The first-order valence-corrected chi connectivity index (χ1v) is 3.93. The van der Waals surface area contributed by atoms with Crippen LogP contribution in [0.5, 0.6) is 0 Å². The van der Waals surface area contributed by atoms with Crippen molar-refractivity contribution in [2.45, 2.75) is 26.2 Å². The Morgan fingerprint density at radius 3 is 1.89 bits per heavy atom. The molecule has 0 heterocycles. The fourth-order valence-corrected chi connectivity index (χ4v) is 0.773. The third kappa shape index (κ3) is 4.63. The van der Waals surface area contributed by atoms with E-state index in [-0.39, 0.29) is 6.29 Å². The molecule has 0 aliphatic rings. The molecule has 0 aliphatic carbocycles. The van der Waals surface area contributed by atoms with E-state index in [2.05, 4.69) is 10.2 Å². The summed E-state index contributed by atoms with van der Waals surface area (Å²) in [4.78, 5) is 0. The zero-order valence-electron chi connectivity index (χ0n) is 6.02. The smallest absolute Gasteiger partial charge is 0.154 e. The largest absolute Gasteiger partial charge is 0.353 e. The zero-order chi connectivity index (χ0) is 7.11. The molecule has 3 heteroatoms. The Morgan fingerprint density at radius 2 is 1.67 bits per heavy atom. The molecule has 0 rings (SSSR count). The van der Waals surface area contributed by atoms with Crippen LogP contribution in [0.15, 0.2) is 0 Å². The zero-order valence-corrected chi connectivity index (χ0v) is 7.02. The lowest BCUT2D eigenvalue weighted by atomic mass is 10.7. The summed E-state index contributed by atoms with van der Waals surface area (Å²) < 4.78 is 10.3. The quantitative estimate of drug-likeness (QED) is 0.424. The maximum atomic E-state index is 5.16. The van der Waals surface area contributed by atoms with Crippen LogP contribution in [0.4, 0.5) is 0 Å². The standard InChI is InChI=1S/C6H13O2Si/c1-3-7-6(5-9)8-4-2/h6H,3-5H2,1-2H3. The van der Waals surface area contributed by atoms with Gasteiger partial charge in [-0.15, -0.1) is 0 Å². The molecule has 53 valence electrons. The minimum Gasteiger partial charge on any atom is -0.353 e. The highest BCUT2D eigenvalue weighted by molar-refractivity contribution is 6.08. The van der Waals surface area contributed by atoms with Crippen LogP contribution < -0.4 is 0 Å². The Kier molecular flexibility index (Phi) is 6.35. The van der Waals surface area contributed by atoms with Crippen molar-refractivity contribution >= 4 is 10.2 Å². The van der Waals surface area contributed by atoms with Crippen molar-refractivity contribution < 1.29 is 9.47 Å². The van der Waals surface area contributed by atoms with E-state index in [0.717, 1.165) is 6.04 Å². The molecule has 0 saturated heterocycles. The average Bonchev–Trinajstić information content (AvgIpc) is 1.88. The highest BCUT2D eigenvalue weighted by atomic mass is 28.1. The van der Waals surface area contributed by atoms with Gasteiger partial charge in [0.05, 0.1) is 0 Å². The number of rotatable bonds is 5. The van der Waals surface area contributed by atoms with E-state index in [9.17, 15) is 0 Å². The second-order valence-corrected chi connectivity index (χ2v) is 1.95. The van der Waals surface area contributed by atoms with Crippen molar-refractivity contribution in [1.82, 2.24) is 0 Å². The summed E-state index contributed by atoms with van der Waals surface area (Å²) in [5.41, 5.74) is 0. The minimum atomic E-state index is -0.0725. The second kappa shape index (κ2) is 6.26. The van der Waals surface area contributed by atoms with Gasteiger partial charge in [-0.05, 0) is 19.9 Å². The highest BCUT2D eigenvalue weighted by Crippen LogP contribution is 1.97. The van der Waals surface area contributed by atoms with Crippen LogP contribution in [0.25, 0.3) is 0 Å². The van der Waals surface area contributed by atoms with Crippen LogP contribution in [0.3, 0.4) is 0 Å². The van der Waals surface area contributed by atoms with Crippen molar-refractivity contribution in [3.05, 3.63) is 0 Å². The monoisotopic (exact) mass is 145 g/mol. The molecule has 9 heavy (non-hydrogen) atoms. The van der Waals surface area contributed by atoms with Gasteiger partial charge >= 0.3 is 0 Å². The van der Waals surface area contributed by atoms with Crippen molar-refractivity contribution in [3.63, 3.8) is 0 Å². The predicted molar refractivity (Wildman–Crippen MR) is 37.6 cm³/mol. The van der Waals surface area contributed by atoms with E-state index in [1.165, 1.54) is 0 Å². The third-order valence-electron chi connectivity index (χ3n) is 0.872. The summed E-state index contributed by atoms with van der Waals surface area (Å²) in [6.07, 6.45) is -0.0725. The van der Waals surface area contributed by atoms with Crippen LogP contribution in [-0.2, 0) is 9.47 Å². The lowest BCUT2D eigenvalue weighted by Gasteiger charge is -2.13. The Labute approximate surface area is 60.0 Å². The Bertz CT molecular complexity index is 53.0. The fourth-order valence-electron chi connectivity index (χ4n) is 0.538. The van der Waals surface area contributed by atoms with Gasteiger partial charge in [-0.3, -0.25) is 0 Å². The summed E-state index contributed by atoms with van der Waals surface area (Å²) in [7, 11) is 3.31. The topological polar surface area (TPSA) is 18.5 Å². The third-order valence-corrected chi connectivity index (χ3v) is 1.21. The van der Waals surface area contributed by atoms with Crippen molar-refractivity contribution in [2.75, 3.05) is 13.2 Å². The van der Waals surface area contributed by atoms with E-state index < -0.39 is 0 Å². The number of ether oxygens (including phenoxy) is 2. The molecule has 2 nitrogen and oxygen atoms in total. The lowest BCUT2D eigenvalue weighted by Crippen LogP contribution is -2.16. The second-order valence-electron chi connectivity index (χ2n) is 1.54. The van der Waals surface area contributed by atoms with E-state index in [1.807, 2.05) is 13.8 Å². The van der Waals surface area contributed by atoms with Crippen molar-refractivity contribution in [3.8, 4) is 0 Å². The summed E-state index contributed by atoms with van der Waals surface area (Å²) >= 11 is 0. The predicted octanol–water partition coefficient (Wildman–Crippen LogP) is 0.972. The van der Waals surface area contributed by atoms with Crippen LogP contribution in [-0.4, -0.2) is 29.7 Å². The lowest BCUT2D eigenvalue weighted by molar-refractivity contribution is -0.122. The first-order valence-electron chi connectivity index (χ1n) is 3.22.